The Morgan fingerprint density at radius 2 is 1.74 bits per heavy atom. The molecule has 10 N–H and O–H groups in total. The van der Waals surface area contributed by atoms with Gasteiger partial charge in [-0.1, -0.05) is 30.3 Å². The number of esters is 1. The van der Waals surface area contributed by atoms with Crippen molar-refractivity contribution in [2.45, 2.75) is 95.1 Å². The van der Waals surface area contributed by atoms with Gasteiger partial charge in [-0.3, -0.25) is 19.2 Å². The third kappa shape index (κ3) is 11.3. The summed E-state index contributed by atoms with van der Waals surface area (Å²) in [6.45, 7) is 1.91. The van der Waals surface area contributed by atoms with Crippen LogP contribution in [-0.2, 0) is 44.8 Å². The Kier molecular flexibility index (Phi) is 15.4. The molecule has 46 heavy (non-hydrogen) atoms. The quantitative estimate of drug-likeness (QED) is 0.0754. The predicted molar refractivity (Wildman–Crippen MR) is 159 cm³/mol. The molecule has 17 nitrogen and oxygen atoms in total. The number of benzene rings is 1. The molecule has 1 heterocycles. The Bertz CT molecular complexity index is 1170. The molecule has 0 spiro atoms. The molecule has 1 aliphatic heterocycles. The average molecular weight is 656 g/mol. The minimum Gasteiger partial charge on any atom is -0.459 e. The van der Waals surface area contributed by atoms with Crippen LogP contribution in [0.2, 0.25) is 0 Å². The van der Waals surface area contributed by atoms with E-state index in [9.17, 15) is 44.4 Å². The molecule has 17 heteroatoms. The lowest BCUT2D eigenvalue weighted by atomic mass is 9.96. The van der Waals surface area contributed by atoms with E-state index in [1.807, 2.05) is 0 Å². The minimum absolute atomic E-state index is 0.162. The second-order valence-electron chi connectivity index (χ2n) is 11.0. The van der Waals surface area contributed by atoms with Crippen LogP contribution in [0.25, 0.3) is 0 Å². The zero-order chi connectivity index (χ0) is 34.6. The van der Waals surface area contributed by atoms with Crippen LogP contribution in [0, 0.1) is 0 Å². The molecule has 1 aromatic carbocycles. The van der Waals surface area contributed by atoms with Crippen molar-refractivity contribution < 1.29 is 58.6 Å². The van der Waals surface area contributed by atoms with Crippen molar-refractivity contribution in [3.05, 3.63) is 35.9 Å². The van der Waals surface area contributed by atoms with Gasteiger partial charge < -0.3 is 61.6 Å². The van der Waals surface area contributed by atoms with Gasteiger partial charge in [0.15, 0.2) is 12.3 Å². The summed E-state index contributed by atoms with van der Waals surface area (Å²) in [5.41, 5.74) is 11.6. The summed E-state index contributed by atoms with van der Waals surface area (Å²) in [6.07, 6.45) is -7.57. The van der Waals surface area contributed by atoms with Gasteiger partial charge in [-0.05, 0) is 25.8 Å². The first-order chi connectivity index (χ1) is 21.7. The number of nitrogens with one attached hydrogen (secondary N) is 2. The Hall–Kier alpha value is -3.71. The fourth-order valence-electron chi connectivity index (χ4n) is 4.75. The van der Waals surface area contributed by atoms with E-state index in [1.165, 1.54) is 20.8 Å². The monoisotopic (exact) mass is 655 g/mol. The van der Waals surface area contributed by atoms with Crippen LogP contribution in [-0.4, -0.2) is 130 Å². The Labute approximate surface area is 266 Å². The number of nitrogens with two attached hydrogens (primary N) is 2. The second-order valence-corrected chi connectivity index (χ2v) is 11.0. The van der Waals surface area contributed by atoms with Crippen molar-refractivity contribution in [2.24, 2.45) is 11.5 Å². The van der Waals surface area contributed by atoms with Crippen molar-refractivity contribution >= 4 is 29.6 Å². The molecule has 0 bridgehead atoms. The molecular formula is C29H45N5O12. The van der Waals surface area contributed by atoms with Gasteiger partial charge >= 0.3 is 5.97 Å². The van der Waals surface area contributed by atoms with Crippen LogP contribution in [0.1, 0.15) is 39.2 Å². The SMILES string of the molecule is CC(=O)N[C@@H]1[C@@H](OC(C)CN(C(=O)CC[C@@H](NC(=O)[C@H](C)N)C(N)=O)[C@@H](CO)C(=O)OCc2ccccc2)[C@H](O)[C@@H](CO)O[C@@H]1O. The first-order valence-corrected chi connectivity index (χ1v) is 14.7. The molecule has 2 rings (SSSR count). The van der Waals surface area contributed by atoms with E-state index in [0.717, 1.165) is 4.90 Å². The van der Waals surface area contributed by atoms with Gasteiger partial charge in [0.05, 0.1) is 25.4 Å². The van der Waals surface area contributed by atoms with E-state index < -0.39 is 111 Å². The normalized spacial score (nSPS) is 23.7. The molecular weight excluding hydrogens is 610 g/mol. The number of hydrogen-bond acceptors (Lipinski definition) is 13. The fourth-order valence-corrected chi connectivity index (χ4v) is 4.75. The molecule has 0 saturated carbocycles. The topological polar surface area (TPSA) is 273 Å². The summed E-state index contributed by atoms with van der Waals surface area (Å²) < 4.78 is 16.5. The third-order valence-corrected chi connectivity index (χ3v) is 7.17. The Morgan fingerprint density at radius 3 is 2.28 bits per heavy atom. The number of hydrogen-bond donors (Lipinski definition) is 8. The molecule has 0 aliphatic carbocycles. The summed E-state index contributed by atoms with van der Waals surface area (Å²) >= 11 is 0. The van der Waals surface area contributed by atoms with Gasteiger partial charge in [0, 0.05) is 19.9 Å². The van der Waals surface area contributed by atoms with Crippen LogP contribution in [0.5, 0.6) is 0 Å². The van der Waals surface area contributed by atoms with Gasteiger partial charge in [-0.15, -0.1) is 0 Å². The maximum atomic E-state index is 13.6. The molecule has 1 aliphatic rings. The number of amides is 4. The fraction of sp³-hybridized carbons (Fsp3) is 0.621. The van der Waals surface area contributed by atoms with E-state index in [0.29, 0.717) is 5.56 Å². The number of ether oxygens (including phenoxy) is 3. The van der Waals surface area contributed by atoms with Crippen LogP contribution >= 0.6 is 0 Å². The minimum atomic E-state index is -1.67. The lowest BCUT2D eigenvalue weighted by Gasteiger charge is -2.44. The summed E-state index contributed by atoms with van der Waals surface area (Å²) in [6, 6.07) is 3.59. The Morgan fingerprint density at radius 1 is 1.09 bits per heavy atom. The van der Waals surface area contributed by atoms with Gasteiger partial charge in [0.1, 0.15) is 37.0 Å². The maximum absolute atomic E-state index is 13.6. The van der Waals surface area contributed by atoms with Gasteiger partial charge in [-0.2, -0.15) is 0 Å². The summed E-state index contributed by atoms with van der Waals surface area (Å²) in [5.74, 6) is -3.91. The molecule has 0 radical (unpaired) electrons. The van der Waals surface area contributed by atoms with Crippen LogP contribution in [0.3, 0.4) is 0 Å². The summed E-state index contributed by atoms with van der Waals surface area (Å²) in [4.78, 5) is 63.5. The highest BCUT2D eigenvalue weighted by Gasteiger charge is 2.46. The van der Waals surface area contributed by atoms with E-state index in [2.05, 4.69) is 10.6 Å². The molecule has 1 aromatic rings. The number of nitrogens with zero attached hydrogens (tertiary/aromatic N) is 1. The van der Waals surface area contributed by atoms with Crippen LogP contribution in [0.4, 0.5) is 0 Å². The highest BCUT2D eigenvalue weighted by Crippen LogP contribution is 2.24. The zero-order valence-corrected chi connectivity index (χ0v) is 26.0. The van der Waals surface area contributed by atoms with E-state index >= 15 is 0 Å². The molecule has 4 amide bonds. The molecule has 1 fully saturated rings. The zero-order valence-electron chi connectivity index (χ0n) is 26.0. The highest BCUT2D eigenvalue weighted by molar-refractivity contribution is 5.89. The van der Waals surface area contributed by atoms with Crippen molar-refractivity contribution in [2.75, 3.05) is 19.8 Å². The van der Waals surface area contributed by atoms with Crippen LogP contribution in [0.15, 0.2) is 30.3 Å². The first kappa shape index (κ1) is 38.5. The maximum Gasteiger partial charge on any atom is 0.331 e. The molecule has 1 saturated heterocycles. The number of carbonyl (C=O) groups excluding carboxylic acids is 5. The Balaban J connectivity index is 2.31. The largest absolute Gasteiger partial charge is 0.459 e. The van der Waals surface area contributed by atoms with Gasteiger partial charge in [0.25, 0.3) is 0 Å². The van der Waals surface area contributed by atoms with Gasteiger partial charge in [-0.25, -0.2) is 4.79 Å². The van der Waals surface area contributed by atoms with E-state index in [4.69, 9.17) is 25.7 Å². The average Bonchev–Trinajstić information content (AvgIpc) is 3.01. The second kappa shape index (κ2) is 18.4. The molecule has 9 atom stereocenters. The number of primary amides is 1. The van der Waals surface area contributed by atoms with Crippen molar-refractivity contribution in [1.29, 1.82) is 0 Å². The molecule has 0 aromatic heterocycles. The molecule has 258 valence electrons. The van der Waals surface area contributed by atoms with Gasteiger partial charge in [0.2, 0.25) is 23.6 Å². The lowest BCUT2D eigenvalue weighted by molar-refractivity contribution is -0.268. The third-order valence-electron chi connectivity index (χ3n) is 7.17. The lowest BCUT2D eigenvalue weighted by Crippen LogP contribution is -2.65. The predicted octanol–water partition coefficient (Wildman–Crippen LogP) is -3.63. The van der Waals surface area contributed by atoms with Crippen molar-refractivity contribution in [3.63, 3.8) is 0 Å². The first-order valence-electron chi connectivity index (χ1n) is 14.7. The summed E-state index contributed by atoms with van der Waals surface area (Å²) in [7, 11) is 0. The number of aliphatic hydroxyl groups is 4. The van der Waals surface area contributed by atoms with E-state index in [1.54, 1.807) is 30.3 Å². The highest BCUT2D eigenvalue weighted by atomic mass is 16.6. The van der Waals surface area contributed by atoms with Crippen molar-refractivity contribution in [3.8, 4) is 0 Å². The number of aliphatic hydroxyl groups excluding tert-OH is 4. The summed E-state index contributed by atoms with van der Waals surface area (Å²) in [5, 5.41) is 45.9. The van der Waals surface area contributed by atoms with Crippen molar-refractivity contribution in [1.82, 2.24) is 15.5 Å². The standard InChI is InChI=1S/C29H45N5O12/c1-15(45-25-23(32-17(3)37)29(43)46-21(13-36)24(25)39)11-34(20(12-35)28(42)44-14-18-7-5-4-6-8-18)22(38)10-9-19(26(31)40)33-27(41)16(2)30/h4-8,15-16,19-21,23-25,29,35-36,39,43H,9-14,30H2,1-3H3,(H2,31,40)(H,32,37)(H,33,41)/t15?,16-,19+,20-,21+,23+,24+,25+,29-/m0/s1. The smallest absolute Gasteiger partial charge is 0.331 e. The number of rotatable bonds is 17. The van der Waals surface area contributed by atoms with E-state index in [-0.39, 0.29) is 13.0 Å². The number of carbonyl (C=O) groups is 5. The molecule has 1 unspecified atom stereocenters. The van der Waals surface area contributed by atoms with Crippen LogP contribution < -0.4 is 22.1 Å².